The Bertz CT molecular complexity index is 289. The maximum atomic E-state index is 2.21. The zero-order valence-corrected chi connectivity index (χ0v) is 6.67. The van der Waals surface area contributed by atoms with Gasteiger partial charge < -0.3 is 0 Å². The van der Waals surface area contributed by atoms with Gasteiger partial charge in [0.05, 0.1) is 0 Å². The molecule has 12 heavy (non-hydrogen) atoms. The van der Waals surface area contributed by atoms with Crippen LogP contribution >= 0.6 is 0 Å². The number of allylic oxidation sites excluding steroid dienone is 1. The Balaban J connectivity index is 0.000000720. The van der Waals surface area contributed by atoms with Gasteiger partial charge >= 0.3 is 51.4 Å². The van der Waals surface area contributed by atoms with E-state index in [0.29, 0.717) is 0 Å². The fourth-order valence-corrected chi connectivity index (χ4v) is 1.52. The predicted molar refractivity (Wildman–Crippen MR) is 55.3 cm³/mol. The Kier molecular flexibility index (Phi) is 4.21. The quantitative estimate of drug-likeness (QED) is 0.586. The topological polar surface area (TPSA) is 0 Å². The number of hydrogen-bond donors (Lipinski definition) is 0. The van der Waals surface area contributed by atoms with E-state index < -0.39 is 0 Å². The van der Waals surface area contributed by atoms with E-state index in [1.165, 1.54) is 17.0 Å². The molecule has 0 unspecified atom stereocenters. The summed E-state index contributed by atoms with van der Waals surface area (Å²) in [4.78, 5) is 0. The van der Waals surface area contributed by atoms with E-state index in [1.54, 1.807) is 0 Å². The Labute approximate surface area is 116 Å². The minimum atomic E-state index is 0. The van der Waals surface area contributed by atoms with Gasteiger partial charge in [0, 0.05) is 5.92 Å². The van der Waals surface area contributed by atoms with Crippen LogP contribution in [-0.4, -0.2) is 51.4 Å². The van der Waals surface area contributed by atoms with Crippen LogP contribution < -0.4 is 0 Å². The molecular formula is C11H12K. The van der Waals surface area contributed by atoms with Crippen LogP contribution in [0.3, 0.4) is 0 Å². The molecule has 1 aromatic rings. The van der Waals surface area contributed by atoms with E-state index in [2.05, 4.69) is 43.3 Å². The summed E-state index contributed by atoms with van der Waals surface area (Å²) >= 11 is 0. The van der Waals surface area contributed by atoms with Gasteiger partial charge in [0.1, 0.15) is 0 Å². The molecule has 0 aromatic heterocycles. The van der Waals surface area contributed by atoms with Crippen molar-refractivity contribution < 1.29 is 0 Å². The summed E-state index contributed by atoms with van der Waals surface area (Å²) in [6.45, 7) is 2.20. The van der Waals surface area contributed by atoms with Crippen LogP contribution in [0.2, 0.25) is 0 Å². The predicted octanol–water partition coefficient (Wildman–Crippen LogP) is 2.40. The van der Waals surface area contributed by atoms with E-state index in [4.69, 9.17) is 0 Å². The van der Waals surface area contributed by atoms with Crippen molar-refractivity contribution in [2.45, 2.75) is 13.3 Å². The SMILES string of the molecule is CC[C]1C=Cc2ccccc21.[KH]. The molecular weight excluding hydrogens is 171 g/mol. The third-order valence-electron chi connectivity index (χ3n) is 2.15. The van der Waals surface area contributed by atoms with Gasteiger partial charge in [-0.15, -0.1) is 0 Å². The Morgan fingerprint density at radius 1 is 1.08 bits per heavy atom. The Morgan fingerprint density at radius 3 is 2.58 bits per heavy atom. The number of fused-ring (bicyclic) bond motifs is 1. The third kappa shape index (κ3) is 1.91. The molecule has 0 aliphatic heterocycles. The van der Waals surface area contributed by atoms with Crippen molar-refractivity contribution >= 4 is 57.5 Å². The first-order valence-electron chi connectivity index (χ1n) is 4.05. The molecule has 2 rings (SSSR count). The van der Waals surface area contributed by atoms with Gasteiger partial charge in [0.2, 0.25) is 0 Å². The summed E-state index contributed by atoms with van der Waals surface area (Å²) in [5.41, 5.74) is 2.78. The van der Waals surface area contributed by atoms with Crippen molar-refractivity contribution in [3.8, 4) is 0 Å². The third-order valence-corrected chi connectivity index (χ3v) is 2.15. The van der Waals surface area contributed by atoms with Crippen LogP contribution in [0.15, 0.2) is 30.3 Å². The van der Waals surface area contributed by atoms with Crippen LogP contribution in [0.25, 0.3) is 6.08 Å². The zero-order valence-electron chi connectivity index (χ0n) is 6.67. The molecule has 0 heterocycles. The van der Waals surface area contributed by atoms with Crippen LogP contribution in [0.4, 0.5) is 0 Å². The van der Waals surface area contributed by atoms with Crippen LogP contribution in [-0.2, 0) is 0 Å². The van der Waals surface area contributed by atoms with Gasteiger partial charge in [-0.1, -0.05) is 43.3 Å². The first-order chi connectivity index (χ1) is 5.42. The summed E-state index contributed by atoms with van der Waals surface area (Å²) in [7, 11) is 0. The Hall–Kier alpha value is 0.596. The molecule has 0 saturated heterocycles. The molecule has 0 saturated carbocycles. The molecule has 0 bridgehead atoms. The van der Waals surface area contributed by atoms with Crippen molar-refractivity contribution in [3.63, 3.8) is 0 Å². The van der Waals surface area contributed by atoms with Gasteiger partial charge in [-0.25, -0.2) is 0 Å². The zero-order chi connectivity index (χ0) is 7.68. The molecule has 0 N–H and O–H groups in total. The van der Waals surface area contributed by atoms with Crippen LogP contribution in [0.1, 0.15) is 24.5 Å². The molecule has 0 atom stereocenters. The van der Waals surface area contributed by atoms with Crippen LogP contribution in [0.5, 0.6) is 0 Å². The van der Waals surface area contributed by atoms with Crippen molar-refractivity contribution in [2.75, 3.05) is 0 Å². The van der Waals surface area contributed by atoms with Crippen molar-refractivity contribution in [2.24, 2.45) is 0 Å². The van der Waals surface area contributed by atoms with Gasteiger partial charge in [-0.2, -0.15) is 0 Å². The van der Waals surface area contributed by atoms with E-state index >= 15 is 0 Å². The summed E-state index contributed by atoms with van der Waals surface area (Å²) in [6, 6.07) is 8.53. The molecule has 1 aromatic carbocycles. The summed E-state index contributed by atoms with van der Waals surface area (Å²) in [5.74, 6) is 1.46. The van der Waals surface area contributed by atoms with Gasteiger partial charge in [-0.3, -0.25) is 0 Å². The molecule has 1 aliphatic rings. The second-order valence-corrected chi connectivity index (χ2v) is 2.80. The van der Waals surface area contributed by atoms with E-state index in [1.807, 2.05) is 0 Å². The molecule has 1 radical (unpaired) electrons. The normalized spacial score (nSPS) is 14.1. The molecule has 1 aliphatic carbocycles. The van der Waals surface area contributed by atoms with E-state index in [0.717, 1.165) is 6.42 Å². The molecule has 1 heteroatoms. The summed E-state index contributed by atoms with van der Waals surface area (Å²) in [6.07, 6.45) is 5.53. The minimum absolute atomic E-state index is 0. The second kappa shape index (κ2) is 4.73. The van der Waals surface area contributed by atoms with E-state index in [-0.39, 0.29) is 51.4 Å². The number of benzene rings is 1. The first-order valence-corrected chi connectivity index (χ1v) is 4.05. The first kappa shape index (κ1) is 10.7. The average Bonchev–Trinajstić information content (AvgIpc) is 2.47. The van der Waals surface area contributed by atoms with Crippen molar-refractivity contribution in [1.82, 2.24) is 0 Å². The van der Waals surface area contributed by atoms with Gasteiger partial charge in [0.15, 0.2) is 0 Å². The van der Waals surface area contributed by atoms with E-state index in [9.17, 15) is 0 Å². The molecule has 57 valence electrons. The summed E-state index contributed by atoms with van der Waals surface area (Å²) < 4.78 is 0. The molecule has 0 fully saturated rings. The summed E-state index contributed by atoms with van der Waals surface area (Å²) in [5, 5.41) is 0. The maximum absolute atomic E-state index is 2.21. The average molecular weight is 183 g/mol. The van der Waals surface area contributed by atoms with Crippen LogP contribution in [0, 0.1) is 5.92 Å². The molecule has 0 amide bonds. The molecule has 0 spiro atoms. The Morgan fingerprint density at radius 2 is 1.83 bits per heavy atom. The molecule has 0 nitrogen and oxygen atoms in total. The fourth-order valence-electron chi connectivity index (χ4n) is 1.52. The standard InChI is InChI=1S/C11H11.K.H/c1-2-9-7-8-10-5-3-4-6-11(9)10;;/h3-8H,2H2,1H3;;. The van der Waals surface area contributed by atoms with Crippen molar-refractivity contribution in [1.29, 1.82) is 0 Å². The fraction of sp³-hybridized carbons (Fsp3) is 0.182. The monoisotopic (exact) mass is 183 g/mol. The second-order valence-electron chi connectivity index (χ2n) is 2.80. The number of rotatable bonds is 1. The van der Waals surface area contributed by atoms with Gasteiger partial charge in [-0.05, 0) is 17.5 Å². The van der Waals surface area contributed by atoms with Crippen molar-refractivity contribution in [3.05, 3.63) is 47.4 Å². The number of hydrogen-bond acceptors (Lipinski definition) is 0. The van der Waals surface area contributed by atoms with Gasteiger partial charge in [0.25, 0.3) is 0 Å².